The Bertz CT molecular complexity index is 476. The highest BCUT2D eigenvalue weighted by molar-refractivity contribution is 5.47. The Morgan fingerprint density at radius 3 is 2.79 bits per heavy atom. The Balaban J connectivity index is 2.11. The van der Waals surface area contributed by atoms with Crippen LogP contribution < -0.4 is 5.32 Å². The first-order chi connectivity index (χ1) is 8.99. The highest BCUT2D eigenvalue weighted by Gasteiger charge is 2.27. The average Bonchev–Trinajstić information content (AvgIpc) is 2.34. The molecule has 0 spiro atoms. The lowest BCUT2D eigenvalue weighted by atomic mass is 9.78. The SMILES string of the molecule is Cc1cc(NC2CCCC(C)C2C)ncc1[N+](=O)[O-]. The molecule has 0 bridgehead atoms. The van der Waals surface area contributed by atoms with Gasteiger partial charge < -0.3 is 5.32 Å². The van der Waals surface area contributed by atoms with Gasteiger partial charge in [0.05, 0.1) is 4.92 Å². The first kappa shape index (κ1) is 13.8. The van der Waals surface area contributed by atoms with E-state index in [4.69, 9.17) is 0 Å². The molecule has 0 amide bonds. The fraction of sp³-hybridized carbons (Fsp3) is 0.643. The topological polar surface area (TPSA) is 68.1 Å². The van der Waals surface area contributed by atoms with Crippen molar-refractivity contribution in [3.05, 3.63) is 27.9 Å². The zero-order valence-corrected chi connectivity index (χ0v) is 11.7. The van der Waals surface area contributed by atoms with Crippen LogP contribution in [-0.2, 0) is 0 Å². The summed E-state index contributed by atoms with van der Waals surface area (Å²) in [5.41, 5.74) is 0.731. The largest absolute Gasteiger partial charge is 0.367 e. The summed E-state index contributed by atoms with van der Waals surface area (Å²) >= 11 is 0. The van der Waals surface area contributed by atoms with E-state index in [1.807, 2.05) is 0 Å². The molecule has 1 aliphatic carbocycles. The molecule has 1 aromatic heterocycles. The quantitative estimate of drug-likeness (QED) is 0.669. The molecular weight excluding hydrogens is 242 g/mol. The summed E-state index contributed by atoms with van der Waals surface area (Å²) in [7, 11) is 0. The van der Waals surface area contributed by atoms with Gasteiger partial charge in [0.1, 0.15) is 12.0 Å². The molecule has 1 aromatic rings. The number of aromatic nitrogens is 1. The third-order valence-electron chi connectivity index (χ3n) is 4.32. The van der Waals surface area contributed by atoms with Crippen LogP contribution in [0.25, 0.3) is 0 Å². The Hall–Kier alpha value is -1.65. The van der Waals surface area contributed by atoms with Crippen molar-refractivity contribution < 1.29 is 4.92 Å². The van der Waals surface area contributed by atoms with Crippen LogP contribution in [0.1, 0.15) is 38.7 Å². The van der Waals surface area contributed by atoms with Crippen LogP contribution in [0.4, 0.5) is 11.5 Å². The number of nitrogens with one attached hydrogen (secondary N) is 1. The molecule has 1 saturated carbocycles. The molecule has 2 rings (SSSR count). The first-order valence-electron chi connectivity index (χ1n) is 6.86. The Labute approximate surface area is 113 Å². The van der Waals surface area contributed by atoms with E-state index in [1.54, 1.807) is 13.0 Å². The van der Waals surface area contributed by atoms with Gasteiger partial charge in [-0.15, -0.1) is 0 Å². The molecule has 1 fully saturated rings. The van der Waals surface area contributed by atoms with E-state index in [1.165, 1.54) is 19.0 Å². The molecule has 0 saturated heterocycles. The van der Waals surface area contributed by atoms with Crippen molar-refractivity contribution in [3.8, 4) is 0 Å². The van der Waals surface area contributed by atoms with Crippen LogP contribution in [0.3, 0.4) is 0 Å². The number of pyridine rings is 1. The summed E-state index contributed by atoms with van der Waals surface area (Å²) in [5.74, 6) is 2.06. The molecule has 0 aliphatic heterocycles. The minimum atomic E-state index is -0.391. The van der Waals surface area contributed by atoms with Crippen molar-refractivity contribution in [3.63, 3.8) is 0 Å². The summed E-state index contributed by atoms with van der Waals surface area (Å²) in [6, 6.07) is 2.18. The molecule has 5 heteroatoms. The minimum absolute atomic E-state index is 0.0793. The van der Waals surface area contributed by atoms with Gasteiger partial charge in [-0.3, -0.25) is 10.1 Å². The van der Waals surface area contributed by atoms with Crippen LogP contribution in [0.2, 0.25) is 0 Å². The van der Waals surface area contributed by atoms with Crippen molar-refractivity contribution in [2.45, 2.75) is 46.1 Å². The second-order valence-corrected chi connectivity index (χ2v) is 5.63. The monoisotopic (exact) mass is 263 g/mol. The number of nitrogens with zero attached hydrogens (tertiary/aromatic N) is 2. The van der Waals surface area contributed by atoms with Gasteiger partial charge in [0.25, 0.3) is 5.69 Å². The van der Waals surface area contributed by atoms with Gasteiger partial charge in [-0.2, -0.15) is 0 Å². The molecule has 5 nitrogen and oxygen atoms in total. The van der Waals surface area contributed by atoms with E-state index in [2.05, 4.69) is 24.1 Å². The maximum absolute atomic E-state index is 10.8. The fourth-order valence-electron chi connectivity index (χ4n) is 2.79. The van der Waals surface area contributed by atoms with Crippen LogP contribution in [0.15, 0.2) is 12.3 Å². The van der Waals surface area contributed by atoms with Crippen molar-refractivity contribution in [1.82, 2.24) is 4.98 Å². The van der Waals surface area contributed by atoms with Crippen LogP contribution >= 0.6 is 0 Å². The van der Waals surface area contributed by atoms with E-state index in [0.29, 0.717) is 23.4 Å². The van der Waals surface area contributed by atoms with Gasteiger partial charge in [-0.1, -0.05) is 26.7 Å². The Kier molecular flexibility index (Phi) is 4.02. The third kappa shape index (κ3) is 3.03. The van der Waals surface area contributed by atoms with Gasteiger partial charge in [0.2, 0.25) is 0 Å². The van der Waals surface area contributed by atoms with E-state index in [0.717, 1.165) is 12.2 Å². The number of aryl methyl sites for hydroxylation is 1. The molecule has 0 aromatic carbocycles. The molecule has 1 heterocycles. The molecular formula is C14H21N3O2. The minimum Gasteiger partial charge on any atom is -0.367 e. The molecule has 1 aliphatic rings. The van der Waals surface area contributed by atoms with E-state index in [9.17, 15) is 10.1 Å². The highest BCUT2D eigenvalue weighted by atomic mass is 16.6. The second kappa shape index (κ2) is 5.55. The van der Waals surface area contributed by atoms with E-state index < -0.39 is 4.92 Å². The Morgan fingerprint density at radius 1 is 1.42 bits per heavy atom. The summed E-state index contributed by atoms with van der Waals surface area (Å²) in [6.45, 7) is 6.30. The van der Waals surface area contributed by atoms with Gasteiger partial charge in [-0.25, -0.2) is 4.98 Å². The maximum Gasteiger partial charge on any atom is 0.290 e. The molecule has 104 valence electrons. The van der Waals surface area contributed by atoms with Gasteiger partial charge >= 0.3 is 0 Å². The summed E-state index contributed by atoms with van der Waals surface area (Å²) in [4.78, 5) is 14.5. The lowest BCUT2D eigenvalue weighted by Crippen LogP contribution is -2.35. The highest BCUT2D eigenvalue weighted by Crippen LogP contribution is 2.31. The summed E-state index contributed by atoms with van der Waals surface area (Å²) in [5, 5.41) is 14.2. The normalized spacial score (nSPS) is 27.0. The average molecular weight is 263 g/mol. The third-order valence-corrected chi connectivity index (χ3v) is 4.32. The van der Waals surface area contributed by atoms with E-state index in [-0.39, 0.29) is 5.69 Å². The summed E-state index contributed by atoms with van der Waals surface area (Å²) in [6.07, 6.45) is 5.00. The zero-order valence-electron chi connectivity index (χ0n) is 11.7. The summed E-state index contributed by atoms with van der Waals surface area (Å²) < 4.78 is 0. The molecule has 0 radical (unpaired) electrons. The molecule has 1 N–H and O–H groups in total. The van der Waals surface area contributed by atoms with Crippen molar-refractivity contribution in [2.75, 3.05) is 5.32 Å². The smallest absolute Gasteiger partial charge is 0.290 e. The van der Waals surface area contributed by atoms with Crippen molar-refractivity contribution in [2.24, 2.45) is 11.8 Å². The number of nitro groups is 1. The molecule has 3 unspecified atom stereocenters. The number of hydrogen-bond acceptors (Lipinski definition) is 4. The molecule has 19 heavy (non-hydrogen) atoms. The first-order valence-corrected chi connectivity index (χ1v) is 6.86. The van der Waals surface area contributed by atoms with Gasteiger partial charge in [0.15, 0.2) is 0 Å². The van der Waals surface area contributed by atoms with Crippen LogP contribution in [-0.4, -0.2) is 15.9 Å². The number of hydrogen-bond donors (Lipinski definition) is 1. The van der Waals surface area contributed by atoms with Crippen LogP contribution in [0.5, 0.6) is 0 Å². The number of anilines is 1. The van der Waals surface area contributed by atoms with Gasteiger partial charge in [-0.05, 0) is 31.2 Å². The molecule has 3 atom stereocenters. The van der Waals surface area contributed by atoms with E-state index >= 15 is 0 Å². The van der Waals surface area contributed by atoms with Crippen LogP contribution in [0, 0.1) is 28.9 Å². The predicted octanol–water partition coefficient (Wildman–Crippen LogP) is 3.53. The van der Waals surface area contributed by atoms with Crippen molar-refractivity contribution >= 4 is 11.5 Å². The Morgan fingerprint density at radius 2 is 2.16 bits per heavy atom. The second-order valence-electron chi connectivity index (χ2n) is 5.63. The fourth-order valence-corrected chi connectivity index (χ4v) is 2.79. The maximum atomic E-state index is 10.8. The van der Waals surface area contributed by atoms with Gasteiger partial charge in [0, 0.05) is 11.6 Å². The lowest BCUT2D eigenvalue weighted by molar-refractivity contribution is -0.385. The zero-order chi connectivity index (χ0) is 14.0. The standard InChI is InChI=1S/C14H21N3O2/c1-9-5-4-6-12(11(9)3)16-14-7-10(2)13(8-15-14)17(18)19/h7-9,11-12H,4-6H2,1-3H3,(H,15,16). The van der Waals surface area contributed by atoms with Crippen molar-refractivity contribution in [1.29, 1.82) is 0 Å². The number of rotatable bonds is 3. The predicted molar refractivity (Wildman–Crippen MR) is 75.2 cm³/mol. The lowest BCUT2D eigenvalue weighted by Gasteiger charge is -2.34.